The molecule has 0 radical (unpaired) electrons. The fourth-order valence-electron chi connectivity index (χ4n) is 2.50. The molecule has 25 heavy (non-hydrogen) atoms. The predicted molar refractivity (Wildman–Crippen MR) is 103 cm³/mol. The fourth-order valence-corrected chi connectivity index (χ4v) is 4.11. The summed E-state index contributed by atoms with van der Waals surface area (Å²) in [5, 5.41) is 5.89. The van der Waals surface area contributed by atoms with E-state index in [1.54, 1.807) is 23.5 Å². The maximum absolute atomic E-state index is 12.5. The summed E-state index contributed by atoms with van der Waals surface area (Å²) < 4.78 is 0. The largest absolute Gasteiger partial charge is 0.321 e. The van der Waals surface area contributed by atoms with E-state index in [4.69, 9.17) is 0 Å². The van der Waals surface area contributed by atoms with Crippen LogP contribution >= 0.6 is 22.7 Å². The molecule has 4 aromatic rings. The van der Waals surface area contributed by atoms with Crippen LogP contribution in [0.1, 0.15) is 15.2 Å². The minimum atomic E-state index is -0.463. The number of carbonyl (C=O) groups excluding carboxylic acids is 1. The molecule has 1 aromatic carbocycles. The molecule has 1 amide bonds. The lowest BCUT2D eigenvalue weighted by Crippen LogP contribution is -2.22. The Morgan fingerprint density at radius 3 is 2.84 bits per heavy atom. The first kappa shape index (κ1) is 15.7. The lowest BCUT2D eigenvalue weighted by molar-refractivity contribution is 0.102. The molecule has 0 bridgehead atoms. The van der Waals surface area contributed by atoms with E-state index in [1.807, 2.05) is 42.6 Å². The van der Waals surface area contributed by atoms with E-state index >= 15 is 0 Å². The molecule has 3 heterocycles. The molecule has 0 aliphatic heterocycles. The van der Waals surface area contributed by atoms with Crippen LogP contribution in [-0.4, -0.2) is 15.9 Å². The van der Waals surface area contributed by atoms with Crippen LogP contribution in [-0.2, 0) is 0 Å². The third-order valence-corrected chi connectivity index (χ3v) is 5.50. The Morgan fingerprint density at radius 1 is 1.20 bits per heavy atom. The van der Waals surface area contributed by atoms with Crippen LogP contribution in [0.3, 0.4) is 0 Å². The van der Waals surface area contributed by atoms with Crippen LogP contribution in [0, 0.1) is 6.92 Å². The number of fused-ring (bicyclic) bond motifs is 1. The van der Waals surface area contributed by atoms with Crippen molar-refractivity contribution in [1.29, 1.82) is 0 Å². The molecular weight excluding hydrogens is 354 g/mol. The van der Waals surface area contributed by atoms with E-state index in [9.17, 15) is 9.59 Å². The van der Waals surface area contributed by atoms with Crippen molar-refractivity contribution in [3.8, 4) is 10.6 Å². The lowest BCUT2D eigenvalue weighted by atomic mass is 10.1. The highest BCUT2D eigenvalue weighted by molar-refractivity contribution is 7.17. The molecule has 124 valence electrons. The van der Waals surface area contributed by atoms with Gasteiger partial charge in [0.25, 0.3) is 11.5 Å². The highest BCUT2D eigenvalue weighted by Gasteiger charge is 2.14. The van der Waals surface area contributed by atoms with Crippen molar-refractivity contribution < 1.29 is 4.79 Å². The Bertz CT molecular complexity index is 1140. The van der Waals surface area contributed by atoms with Gasteiger partial charge in [-0.05, 0) is 36.6 Å². The molecule has 7 heteroatoms. The van der Waals surface area contributed by atoms with Crippen LogP contribution in [0.5, 0.6) is 0 Å². The zero-order chi connectivity index (χ0) is 17.4. The summed E-state index contributed by atoms with van der Waals surface area (Å²) in [6.07, 6.45) is 0. The van der Waals surface area contributed by atoms with Crippen LogP contribution in [0.25, 0.3) is 21.5 Å². The summed E-state index contributed by atoms with van der Waals surface area (Å²) in [4.78, 5) is 34.1. The quantitative estimate of drug-likeness (QED) is 0.568. The van der Waals surface area contributed by atoms with Crippen molar-refractivity contribution in [1.82, 2.24) is 9.97 Å². The van der Waals surface area contributed by atoms with E-state index < -0.39 is 11.5 Å². The number of amides is 1. The number of nitrogens with one attached hydrogen (secondary N) is 2. The van der Waals surface area contributed by atoms with Crippen molar-refractivity contribution in [2.45, 2.75) is 6.92 Å². The van der Waals surface area contributed by atoms with Crippen molar-refractivity contribution in [3.63, 3.8) is 0 Å². The van der Waals surface area contributed by atoms with Gasteiger partial charge in [0, 0.05) is 15.8 Å². The molecule has 0 atom stereocenters. The molecule has 0 saturated heterocycles. The third kappa shape index (κ3) is 3.11. The molecule has 5 nitrogen and oxygen atoms in total. The van der Waals surface area contributed by atoms with Crippen molar-refractivity contribution >= 4 is 44.6 Å². The second-order valence-electron chi connectivity index (χ2n) is 5.50. The summed E-state index contributed by atoms with van der Waals surface area (Å²) >= 11 is 2.99. The van der Waals surface area contributed by atoms with E-state index in [-0.39, 0.29) is 5.56 Å². The number of aromatic amines is 1. The first-order chi connectivity index (χ1) is 12.1. The molecule has 0 saturated carbocycles. The standard InChI is InChI=1S/C18H13N3O2S2/c1-10-6-7-15(25-10)14-9-24-18(20-14)21-17(23)12-8-11-4-2-3-5-13(11)19-16(12)22/h2-9H,1H3,(H,19,22)(H,20,21,23). The number of hydrogen-bond donors (Lipinski definition) is 2. The molecule has 0 spiro atoms. The number of aryl methyl sites for hydroxylation is 1. The summed E-state index contributed by atoms with van der Waals surface area (Å²) in [6.45, 7) is 2.04. The number of nitrogens with zero attached hydrogens (tertiary/aromatic N) is 1. The number of hydrogen-bond acceptors (Lipinski definition) is 5. The minimum Gasteiger partial charge on any atom is -0.321 e. The minimum absolute atomic E-state index is 0.0717. The summed E-state index contributed by atoms with van der Waals surface area (Å²) in [5.74, 6) is -0.463. The van der Waals surface area contributed by atoms with Gasteiger partial charge in [-0.2, -0.15) is 0 Å². The van der Waals surface area contributed by atoms with Gasteiger partial charge >= 0.3 is 0 Å². The zero-order valence-corrected chi connectivity index (χ0v) is 14.8. The van der Waals surface area contributed by atoms with Crippen LogP contribution in [0.2, 0.25) is 0 Å². The average Bonchev–Trinajstić information content (AvgIpc) is 3.23. The molecular formula is C18H13N3O2S2. The summed E-state index contributed by atoms with van der Waals surface area (Å²) in [7, 11) is 0. The Balaban J connectivity index is 1.61. The lowest BCUT2D eigenvalue weighted by Gasteiger charge is -2.03. The highest BCUT2D eigenvalue weighted by atomic mass is 32.1. The Morgan fingerprint density at radius 2 is 2.04 bits per heavy atom. The van der Waals surface area contributed by atoms with Crippen LogP contribution in [0.4, 0.5) is 5.13 Å². The van der Waals surface area contributed by atoms with Gasteiger partial charge < -0.3 is 4.98 Å². The van der Waals surface area contributed by atoms with E-state index in [0.29, 0.717) is 10.6 Å². The van der Waals surface area contributed by atoms with Crippen LogP contribution < -0.4 is 10.9 Å². The second kappa shape index (κ2) is 6.27. The van der Waals surface area contributed by atoms with E-state index in [2.05, 4.69) is 15.3 Å². The molecule has 0 fully saturated rings. The number of pyridine rings is 1. The molecule has 4 rings (SSSR count). The predicted octanol–water partition coefficient (Wildman–Crippen LogP) is 4.27. The molecule has 0 aliphatic carbocycles. The highest BCUT2D eigenvalue weighted by Crippen LogP contribution is 2.30. The average molecular weight is 367 g/mol. The number of rotatable bonds is 3. The van der Waals surface area contributed by atoms with Crippen LogP contribution in [0.15, 0.2) is 52.6 Å². The number of thiazole rings is 1. The number of anilines is 1. The second-order valence-corrected chi connectivity index (χ2v) is 7.65. The van der Waals surface area contributed by atoms with Gasteiger partial charge in [-0.15, -0.1) is 22.7 Å². The summed E-state index contributed by atoms with van der Waals surface area (Å²) in [6, 6.07) is 13.0. The number of para-hydroxylation sites is 1. The number of H-pyrrole nitrogens is 1. The molecule has 0 unspecified atom stereocenters. The SMILES string of the molecule is Cc1ccc(-c2csc(NC(=O)c3cc4ccccc4[nH]c3=O)n2)s1. The van der Waals surface area contributed by atoms with Gasteiger partial charge in [0.05, 0.1) is 10.6 Å². The van der Waals surface area contributed by atoms with Crippen molar-refractivity contribution in [2.24, 2.45) is 0 Å². The zero-order valence-electron chi connectivity index (χ0n) is 13.2. The first-order valence-electron chi connectivity index (χ1n) is 7.56. The molecule has 0 aliphatic rings. The third-order valence-electron chi connectivity index (χ3n) is 3.72. The number of carbonyl (C=O) groups is 1. The van der Waals surface area contributed by atoms with Gasteiger partial charge in [0.1, 0.15) is 5.56 Å². The molecule has 3 aromatic heterocycles. The monoisotopic (exact) mass is 367 g/mol. The topological polar surface area (TPSA) is 74.8 Å². The number of thiophene rings is 1. The van der Waals surface area contributed by atoms with Crippen molar-refractivity contribution in [3.05, 3.63) is 68.6 Å². The van der Waals surface area contributed by atoms with Crippen molar-refractivity contribution in [2.75, 3.05) is 5.32 Å². The normalized spacial score (nSPS) is 10.9. The Kier molecular flexibility index (Phi) is 3.95. The van der Waals surface area contributed by atoms with E-state index in [1.165, 1.54) is 16.2 Å². The Labute approximate surface area is 151 Å². The first-order valence-corrected chi connectivity index (χ1v) is 9.25. The maximum Gasteiger partial charge on any atom is 0.263 e. The maximum atomic E-state index is 12.5. The smallest absolute Gasteiger partial charge is 0.263 e. The van der Waals surface area contributed by atoms with Gasteiger partial charge in [-0.3, -0.25) is 14.9 Å². The van der Waals surface area contributed by atoms with Gasteiger partial charge in [-0.1, -0.05) is 18.2 Å². The van der Waals surface area contributed by atoms with Gasteiger partial charge in [-0.25, -0.2) is 4.98 Å². The summed E-state index contributed by atoms with van der Waals surface area (Å²) in [5.41, 5.74) is 1.18. The fraction of sp³-hybridized carbons (Fsp3) is 0.0556. The van der Waals surface area contributed by atoms with Gasteiger partial charge in [0.15, 0.2) is 5.13 Å². The van der Waals surface area contributed by atoms with Gasteiger partial charge in [0.2, 0.25) is 0 Å². The molecule has 2 N–H and O–H groups in total. The van der Waals surface area contributed by atoms with E-state index in [0.717, 1.165) is 16.0 Å². The number of aromatic nitrogens is 2. The Hall–Kier alpha value is -2.77. The number of benzene rings is 1.